The zero-order chi connectivity index (χ0) is 15.1. The van der Waals surface area contributed by atoms with E-state index >= 15 is 0 Å². The number of carbonyl (C=O) groups is 2. The number of amides is 2. The maximum atomic E-state index is 12.1. The van der Waals surface area contributed by atoms with Crippen LogP contribution in [0, 0.1) is 0 Å². The van der Waals surface area contributed by atoms with E-state index in [1.807, 2.05) is 30.3 Å². The predicted octanol–water partition coefficient (Wildman–Crippen LogP) is 1.95. The van der Waals surface area contributed by atoms with Crippen LogP contribution in [-0.4, -0.2) is 36.9 Å². The average molecular weight is 289 g/mol. The Morgan fingerprint density at radius 3 is 2.67 bits per heavy atom. The third kappa shape index (κ3) is 4.77. The van der Waals surface area contributed by atoms with Gasteiger partial charge in [0.25, 0.3) is 5.91 Å². The van der Waals surface area contributed by atoms with Crippen molar-refractivity contribution < 1.29 is 9.59 Å². The lowest BCUT2D eigenvalue weighted by Gasteiger charge is -2.26. The minimum atomic E-state index is -0.157. The largest absolute Gasteiger partial charge is 0.333 e. The second-order valence-corrected chi connectivity index (χ2v) is 5.41. The molecule has 21 heavy (non-hydrogen) atoms. The van der Waals surface area contributed by atoms with Gasteiger partial charge in [0, 0.05) is 20.0 Å². The van der Waals surface area contributed by atoms with E-state index in [4.69, 9.17) is 0 Å². The van der Waals surface area contributed by atoms with Crippen LogP contribution in [0.2, 0.25) is 0 Å². The third-order valence-electron chi connectivity index (χ3n) is 3.69. The molecule has 1 aliphatic rings. The van der Waals surface area contributed by atoms with E-state index in [2.05, 4.69) is 5.43 Å². The quantitative estimate of drug-likeness (QED) is 0.862. The lowest BCUT2D eigenvalue weighted by Crippen LogP contribution is -2.47. The van der Waals surface area contributed by atoms with E-state index in [1.165, 1.54) is 0 Å². The molecule has 1 aromatic carbocycles. The Morgan fingerprint density at radius 1 is 1.19 bits per heavy atom. The molecule has 1 aromatic rings. The van der Waals surface area contributed by atoms with Crippen molar-refractivity contribution in [3.8, 4) is 0 Å². The zero-order valence-corrected chi connectivity index (χ0v) is 12.5. The lowest BCUT2D eigenvalue weighted by molar-refractivity contribution is -0.136. The molecule has 1 fully saturated rings. The summed E-state index contributed by atoms with van der Waals surface area (Å²) >= 11 is 0. The molecule has 0 radical (unpaired) electrons. The summed E-state index contributed by atoms with van der Waals surface area (Å²) < 4.78 is 0. The summed E-state index contributed by atoms with van der Waals surface area (Å²) in [4.78, 5) is 25.8. The highest BCUT2D eigenvalue weighted by Crippen LogP contribution is 2.12. The minimum Gasteiger partial charge on any atom is -0.333 e. The SMILES string of the molecule is CN(NC(=O)CN1CCCCCCC1=O)c1ccccc1. The van der Waals surface area contributed by atoms with Crippen molar-refractivity contribution >= 4 is 17.5 Å². The minimum absolute atomic E-state index is 0.0900. The van der Waals surface area contributed by atoms with Gasteiger partial charge in [-0.2, -0.15) is 0 Å². The molecule has 5 heteroatoms. The van der Waals surface area contributed by atoms with E-state index in [1.54, 1.807) is 17.0 Å². The van der Waals surface area contributed by atoms with Gasteiger partial charge in [-0.15, -0.1) is 0 Å². The third-order valence-corrected chi connectivity index (χ3v) is 3.69. The first-order chi connectivity index (χ1) is 10.2. The second kappa shape index (κ2) is 7.67. The van der Waals surface area contributed by atoms with Crippen LogP contribution < -0.4 is 10.4 Å². The van der Waals surface area contributed by atoms with Gasteiger partial charge in [0.2, 0.25) is 5.91 Å². The number of rotatable bonds is 4. The van der Waals surface area contributed by atoms with Crippen molar-refractivity contribution in [3.63, 3.8) is 0 Å². The van der Waals surface area contributed by atoms with Crippen LogP contribution in [0.3, 0.4) is 0 Å². The summed E-state index contributed by atoms with van der Waals surface area (Å²) in [6, 6.07) is 9.60. The smallest absolute Gasteiger partial charge is 0.258 e. The molecule has 2 amide bonds. The van der Waals surface area contributed by atoms with E-state index < -0.39 is 0 Å². The molecular weight excluding hydrogens is 266 g/mol. The molecule has 0 spiro atoms. The van der Waals surface area contributed by atoms with Crippen molar-refractivity contribution in [3.05, 3.63) is 30.3 Å². The molecule has 0 atom stereocenters. The molecule has 1 saturated heterocycles. The standard InChI is InChI=1S/C16H23N3O2/c1-18(14-9-5-4-6-10-14)17-15(20)13-19-12-8-3-2-7-11-16(19)21/h4-6,9-10H,2-3,7-8,11-13H2,1H3,(H,17,20). The van der Waals surface area contributed by atoms with Gasteiger partial charge in [-0.1, -0.05) is 31.0 Å². The fourth-order valence-corrected chi connectivity index (χ4v) is 2.49. The first kappa shape index (κ1) is 15.4. The topological polar surface area (TPSA) is 52.7 Å². The van der Waals surface area contributed by atoms with Crippen molar-refractivity contribution in [2.24, 2.45) is 0 Å². The van der Waals surface area contributed by atoms with Gasteiger partial charge < -0.3 is 4.90 Å². The molecule has 1 aliphatic heterocycles. The molecule has 0 saturated carbocycles. The number of carbonyl (C=O) groups excluding carboxylic acids is 2. The van der Waals surface area contributed by atoms with Crippen molar-refractivity contribution in [1.82, 2.24) is 10.3 Å². The van der Waals surface area contributed by atoms with Crippen LogP contribution in [0.1, 0.15) is 32.1 Å². The van der Waals surface area contributed by atoms with E-state index in [9.17, 15) is 9.59 Å². The van der Waals surface area contributed by atoms with Crippen LogP contribution in [0.4, 0.5) is 5.69 Å². The summed E-state index contributed by atoms with van der Waals surface area (Å²) in [6.45, 7) is 0.817. The zero-order valence-electron chi connectivity index (χ0n) is 12.5. The Hall–Kier alpha value is -2.04. The van der Waals surface area contributed by atoms with Crippen LogP contribution in [-0.2, 0) is 9.59 Å². The maximum absolute atomic E-state index is 12.1. The summed E-state index contributed by atoms with van der Waals surface area (Å²) in [5, 5.41) is 1.68. The van der Waals surface area contributed by atoms with Gasteiger partial charge >= 0.3 is 0 Å². The van der Waals surface area contributed by atoms with Crippen molar-refractivity contribution in [1.29, 1.82) is 0 Å². The first-order valence-electron chi connectivity index (χ1n) is 7.53. The Labute approximate surface area is 125 Å². The fourth-order valence-electron chi connectivity index (χ4n) is 2.49. The molecule has 1 N–H and O–H groups in total. The highest BCUT2D eigenvalue weighted by molar-refractivity contribution is 5.85. The highest BCUT2D eigenvalue weighted by atomic mass is 16.2. The Kier molecular flexibility index (Phi) is 5.60. The molecule has 1 heterocycles. The number of nitrogens with one attached hydrogen (secondary N) is 1. The normalized spacial score (nSPS) is 16.0. The Bertz CT molecular complexity index is 476. The van der Waals surface area contributed by atoms with Gasteiger partial charge in [-0.05, 0) is 25.0 Å². The van der Waals surface area contributed by atoms with Crippen LogP contribution in [0.5, 0.6) is 0 Å². The molecule has 114 valence electrons. The fraction of sp³-hybridized carbons (Fsp3) is 0.500. The Morgan fingerprint density at radius 2 is 1.90 bits per heavy atom. The molecule has 5 nitrogen and oxygen atoms in total. The number of hydrogen-bond acceptors (Lipinski definition) is 3. The molecule has 0 unspecified atom stereocenters. The second-order valence-electron chi connectivity index (χ2n) is 5.41. The summed E-state index contributed by atoms with van der Waals surface area (Å²) in [6.07, 6.45) is 4.72. The number of para-hydroxylation sites is 1. The van der Waals surface area contributed by atoms with E-state index in [-0.39, 0.29) is 18.4 Å². The van der Waals surface area contributed by atoms with Gasteiger partial charge in [-0.3, -0.25) is 20.0 Å². The maximum Gasteiger partial charge on any atom is 0.258 e. The number of benzene rings is 1. The van der Waals surface area contributed by atoms with Crippen molar-refractivity contribution in [2.45, 2.75) is 32.1 Å². The van der Waals surface area contributed by atoms with Crippen LogP contribution in [0.15, 0.2) is 30.3 Å². The molecule has 0 bridgehead atoms. The van der Waals surface area contributed by atoms with Crippen LogP contribution in [0.25, 0.3) is 0 Å². The average Bonchev–Trinajstić information content (AvgIpc) is 2.48. The summed E-state index contributed by atoms with van der Waals surface area (Å²) in [7, 11) is 1.79. The van der Waals surface area contributed by atoms with Gasteiger partial charge in [0.05, 0.1) is 5.69 Å². The number of hydrazine groups is 1. The highest BCUT2D eigenvalue weighted by Gasteiger charge is 2.18. The first-order valence-corrected chi connectivity index (χ1v) is 7.53. The van der Waals surface area contributed by atoms with E-state index in [0.717, 1.165) is 31.4 Å². The van der Waals surface area contributed by atoms with Gasteiger partial charge in [-0.25, -0.2) is 0 Å². The molecule has 0 aliphatic carbocycles. The summed E-state index contributed by atoms with van der Waals surface area (Å²) in [5.74, 6) is -0.0671. The molecular formula is C16H23N3O2. The van der Waals surface area contributed by atoms with Crippen molar-refractivity contribution in [2.75, 3.05) is 25.1 Å². The number of likely N-dealkylation sites (tertiary alicyclic amines) is 1. The molecule has 0 aromatic heterocycles. The monoisotopic (exact) mass is 289 g/mol. The van der Waals surface area contributed by atoms with E-state index in [0.29, 0.717) is 13.0 Å². The van der Waals surface area contributed by atoms with Crippen LogP contribution >= 0.6 is 0 Å². The van der Waals surface area contributed by atoms with Gasteiger partial charge in [0.1, 0.15) is 6.54 Å². The number of hydrogen-bond donors (Lipinski definition) is 1. The molecule has 2 rings (SSSR count). The summed E-state index contributed by atoms with van der Waals surface area (Å²) in [5.41, 5.74) is 3.71. The van der Waals surface area contributed by atoms with Gasteiger partial charge in [0.15, 0.2) is 0 Å². The number of nitrogens with zero attached hydrogens (tertiary/aromatic N) is 2. The number of anilines is 1. The Balaban J connectivity index is 1.86. The lowest BCUT2D eigenvalue weighted by atomic mass is 10.1. The predicted molar refractivity (Wildman–Crippen MR) is 82.7 cm³/mol.